The minimum absolute atomic E-state index is 0.0703. The van der Waals surface area contributed by atoms with Crippen molar-refractivity contribution in [2.75, 3.05) is 0 Å². The summed E-state index contributed by atoms with van der Waals surface area (Å²) in [6.45, 7) is 3.82. The highest BCUT2D eigenvalue weighted by Gasteiger charge is 2.10. The van der Waals surface area contributed by atoms with Crippen molar-refractivity contribution in [1.82, 2.24) is 0 Å². The summed E-state index contributed by atoms with van der Waals surface area (Å²) in [5.41, 5.74) is 7.89. The topological polar surface area (TPSA) is 59.1 Å². The van der Waals surface area contributed by atoms with Crippen molar-refractivity contribution in [3.8, 4) is 11.5 Å². The van der Waals surface area contributed by atoms with Gasteiger partial charge in [-0.25, -0.2) is 0 Å². The van der Waals surface area contributed by atoms with Crippen LogP contribution < -0.4 is 10.5 Å². The predicted molar refractivity (Wildman–Crippen MR) is 83.5 cm³/mol. The Bertz CT molecular complexity index is 661. The average Bonchev–Trinajstić information content (AvgIpc) is 2.35. The van der Waals surface area contributed by atoms with Gasteiger partial charge in [0.05, 0.1) is 5.56 Å². The number of aryl methyl sites for hydroxylation is 2. The van der Waals surface area contributed by atoms with Gasteiger partial charge in [-0.2, -0.15) is 0 Å². The van der Waals surface area contributed by atoms with Gasteiger partial charge >= 0.3 is 0 Å². The Balaban J connectivity index is 2.44. The molecule has 0 fully saturated rings. The van der Waals surface area contributed by atoms with Gasteiger partial charge in [-0.1, -0.05) is 23.2 Å². The lowest BCUT2D eigenvalue weighted by Crippen LogP contribution is -2.12. The van der Waals surface area contributed by atoms with Gasteiger partial charge in [-0.15, -0.1) is 0 Å². The number of nitrogens with one attached hydrogen (secondary N) is 1. The smallest absolute Gasteiger partial charge is 0.139 e. The highest BCUT2D eigenvalue weighted by Crippen LogP contribution is 2.32. The number of nitrogens with two attached hydrogens (primary N) is 1. The van der Waals surface area contributed by atoms with Crippen LogP contribution in [0.5, 0.6) is 11.5 Å². The van der Waals surface area contributed by atoms with Gasteiger partial charge in [0.25, 0.3) is 0 Å². The van der Waals surface area contributed by atoms with Gasteiger partial charge in [0, 0.05) is 16.1 Å². The van der Waals surface area contributed by atoms with Crippen LogP contribution in [0.3, 0.4) is 0 Å². The molecular weight excluding hydrogens is 295 g/mol. The predicted octanol–water partition coefficient (Wildman–Crippen LogP) is 4.69. The van der Waals surface area contributed by atoms with Crippen molar-refractivity contribution in [2.45, 2.75) is 13.8 Å². The molecule has 0 saturated heterocycles. The third-order valence-corrected chi connectivity index (χ3v) is 3.70. The van der Waals surface area contributed by atoms with E-state index in [2.05, 4.69) is 0 Å². The molecule has 3 nitrogen and oxygen atoms in total. The first-order chi connectivity index (χ1) is 9.38. The summed E-state index contributed by atoms with van der Waals surface area (Å²) < 4.78 is 5.80. The van der Waals surface area contributed by atoms with Crippen molar-refractivity contribution in [3.05, 3.63) is 57.1 Å². The Kier molecular flexibility index (Phi) is 4.21. The molecule has 0 aliphatic heterocycles. The molecule has 0 atom stereocenters. The summed E-state index contributed by atoms with van der Waals surface area (Å²) in [5.74, 6) is 1.01. The third-order valence-electron chi connectivity index (χ3n) is 2.87. The Morgan fingerprint density at radius 3 is 2.25 bits per heavy atom. The molecule has 2 rings (SSSR count). The van der Waals surface area contributed by atoms with Gasteiger partial charge in [-0.05, 0) is 49.2 Å². The first-order valence-corrected chi connectivity index (χ1v) is 6.72. The van der Waals surface area contributed by atoms with E-state index in [0.717, 1.165) is 16.1 Å². The summed E-state index contributed by atoms with van der Waals surface area (Å²) in [6, 6.07) is 8.64. The molecule has 104 valence electrons. The fourth-order valence-corrected chi connectivity index (χ4v) is 2.17. The summed E-state index contributed by atoms with van der Waals surface area (Å²) >= 11 is 12.1. The number of hydrogen-bond acceptors (Lipinski definition) is 2. The fourth-order valence-electron chi connectivity index (χ4n) is 1.90. The van der Waals surface area contributed by atoms with Crippen LogP contribution in [0.2, 0.25) is 10.0 Å². The number of halogens is 2. The van der Waals surface area contributed by atoms with E-state index in [4.69, 9.17) is 39.1 Å². The molecule has 3 N–H and O–H groups in total. The van der Waals surface area contributed by atoms with Crippen molar-refractivity contribution in [1.29, 1.82) is 5.41 Å². The summed E-state index contributed by atoms with van der Waals surface area (Å²) in [7, 11) is 0. The van der Waals surface area contributed by atoms with Crippen LogP contribution in [-0.2, 0) is 0 Å². The van der Waals surface area contributed by atoms with Gasteiger partial charge < -0.3 is 10.5 Å². The second kappa shape index (κ2) is 5.73. The largest absolute Gasteiger partial charge is 0.457 e. The van der Waals surface area contributed by atoms with E-state index in [9.17, 15) is 0 Å². The van der Waals surface area contributed by atoms with Crippen molar-refractivity contribution < 1.29 is 4.74 Å². The molecule has 0 bridgehead atoms. The number of hydrogen-bond donors (Lipinski definition) is 2. The minimum atomic E-state index is -0.0703. The monoisotopic (exact) mass is 308 g/mol. The molecule has 0 radical (unpaired) electrons. The van der Waals surface area contributed by atoms with Crippen LogP contribution in [0.15, 0.2) is 30.3 Å². The molecule has 0 heterocycles. The minimum Gasteiger partial charge on any atom is -0.457 e. The standard InChI is InChI=1S/C15H14Cl2N2O/c1-8-5-11(6-9(2)14(8)17)20-13-7-10(16)3-4-12(13)15(18)19/h3-7H,1-2H3,(H3,18,19). The van der Waals surface area contributed by atoms with E-state index < -0.39 is 0 Å². The molecule has 20 heavy (non-hydrogen) atoms. The van der Waals surface area contributed by atoms with Gasteiger partial charge in [0.2, 0.25) is 0 Å². The molecule has 0 amide bonds. The SMILES string of the molecule is Cc1cc(Oc2cc(Cl)ccc2C(=N)N)cc(C)c1Cl. The van der Waals surface area contributed by atoms with Crippen LogP contribution in [0.25, 0.3) is 0 Å². The lowest BCUT2D eigenvalue weighted by Gasteiger charge is -2.13. The normalized spacial score (nSPS) is 10.4. The zero-order chi connectivity index (χ0) is 14.9. The first-order valence-electron chi connectivity index (χ1n) is 5.97. The van der Waals surface area contributed by atoms with E-state index in [1.807, 2.05) is 26.0 Å². The summed E-state index contributed by atoms with van der Waals surface area (Å²) in [4.78, 5) is 0. The van der Waals surface area contributed by atoms with Crippen LogP contribution >= 0.6 is 23.2 Å². The van der Waals surface area contributed by atoms with E-state index in [1.54, 1.807) is 18.2 Å². The highest BCUT2D eigenvalue weighted by molar-refractivity contribution is 6.32. The maximum Gasteiger partial charge on any atom is 0.139 e. The van der Waals surface area contributed by atoms with E-state index in [0.29, 0.717) is 22.1 Å². The molecule has 0 aromatic heterocycles. The molecule has 2 aromatic carbocycles. The highest BCUT2D eigenvalue weighted by atomic mass is 35.5. The Labute approximate surface area is 127 Å². The van der Waals surface area contributed by atoms with Gasteiger partial charge in [0.1, 0.15) is 17.3 Å². The van der Waals surface area contributed by atoms with Gasteiger partial charge in [0.15, 0.2) is 0 Å². The van der Waals surface area contributed by atoms with Crippen LogP contribution in [-0.4, -0.2) is 5.84 Å². The summed E-state index contributed by atoms with van der Waals surface area (Å²) in [5, 5.41) is 8.80. The van der Waals surface area contributed by atoms with E-state index in [-0.39, 0.29) is 5.84 Å². The number of nitrogen functional groups attached to an aromatic ring is 1. The van der Waals surface area contributed by atoms with Crippen LogP contribution in [0, 0.1) is 19.3 Å². The third kappa shape index (κ3) is 3.06. The van der Waals surface area contributed by atoms with E-state index in [1.165, 1.54) is 0 Å². The second-order valence-corrected chi connectivity index (χ2v) is 5.34. The number of ether oxygens (including phenoxy) is 1. The molecular formula is C15H14Cl2N2O. The lowest BCUT2D eigenvalue weighted by molar-refractivity contribution is 0.481. The quantitative estimate of drug-likeness (QED) is 0.638. The zero-order valence-electron chi connectivity index (χ0n) is 11.1. The zero-order valence-corrected chi connectivity index (χ0v) is 12.6. The van der Waals surface area contributed by atoms with E-state index >= 15 is 0 Å². The number of rotatable bonds is 3. The lowest BCUT2D eigenvalue weighted by atomic mass is 10.1. The molecule has 0 aliphatic carbocycles. The van der Waals surface area contributed by atoms with Crippen molar-refractivity contribution >= 4 is 29.0 Å². The Morgan fingerprint density at radius 2 is 1.70 bits per heavy atom. The average molecular weight is 309 g/mol. The Morgan fingerprint density at radius 1 is 1.10 bits per heavy atom. The van der Waals surface area contributed by atoms with Crippen molar-refractivity contribution in [3.63, 3.8) is 0 Å². The Hall–Kier alpha value is -1.71. The molecule has 0 saturated carbocycles. The maximum absolute atomic E-state index is 7.56. The number of amidine groups is 1. The van der Waals surface area contributed by atoms with Crippen LogP contribution in [0.4, 0.5) is 0 Å². The molecule has 5 heteroatoms. The molecule has 0 spiro atoms. The molecule has 0 unspecified atom stereocenters. The number of benzene rings is 2. The fraction of sp³-hybridized carbons (Fsp3) is 0.133. The molecule has 0 aliphatic rings. The van der Waals surface area contributed by atoms with Crippen molar-refractivity contribution in [2.24, 2.45) is 5.73 Å². The molecule has 2 aromatic rings. The summed E-state index contributed by atoms with van der Waals surface area (Å²) in [6.07, 6.45) is 0. The maximum atomic E-state index is 7.56. The van der Waals surface area contributed by atoms with Crippen LogP contribution in [0.1, 0.15) is 16.7 Å². The first kappa shape index (κ1) is 14.7. The van der Waals surface area contributed by atoms with Gasteiger partial charge in [-0.3, -0.25) is 5.41 Å². The second-order valence-electron chi connectivity index (χ2n) is 4.53.